The monoisotopic (exact) mass is 245 g/mol. The van der Waals surface area contributed by atoms with E-state index >= 15 is 0 Å². The number of ketones is 1. The Morgan fingerprint density at radius 1 is 1.28 bits per heavy atom. The summed E-state index contributed by atoms with van der Waals surface area (Å²) in [5, 5.41) is 9.96. The maximum Gasteiger partial charge on any atom is 0.299 e. The summed E-state index contributed by atoms with van der Waals surface area (Å²) in [6.07, 6.45) is 1.83. The molecule has 1 aromatic rings. The molecular formula is C14H15NO3. The summed E-state index contributed by atoms with van der Waals surface area (Å²) in [4.78, 5) is 25.6. The Labute approximate surface area is 105 Å². The summed E-state index contributed by atoms with van der Waals surface area (Å²) in [6, 6.07) is 5.11. The molecule has 0 aromatic heterocycles. The van der Waals surface area contributed by atoms with Crippen molar-refractivity contribution < 1.29 is 14.7 Å². The number of aliphatic hydroxyl groups excluding tert-OH is 1. The average Bonchev–Trinajstić information content (AvgIpc) is 2.86. The summed E-state index contributed by atoms with van der Waals surface area (Å²) in [5.74, 6) is -0.946. The van der Waals surface area contributed by atoms with Gasteiger partial charge in [0.1, 0.15) is 0 Å². The Kier molecular flexibility index (Phi) is 2.48. The number of Topliss-reactive ketones (excluding diaryl/α,β-unsaturated/α-hetero) is 1. The van der Waals surface area contributed by atoms with Crippen molar-refractivity contribution in [1.29, 1.82) is 0 Å². The van der Waals surface area contributed by atoms with Gasteiger partial charge >= 0.3 is 0 Å². The first-order valence-corrected chi connectivity index (χ1v) is 6.27. The van der Waals surface area contributed by atoms with E-state index in [2.05, 4.69) is 0 Å². The van der Waals surface area contributed by atoms with Gasteiger partial charge in [0.25, 0.3) is 11.7 Å². The molecule has 1 aromatic carbocycles. The zero-order valence-electron chi connectivity index (χ0n) is 10.2. The highest BCUT2D eigenvalue weighted by Gasteiger charge is 2.44. The first-order chi connectivity index (χ1) is 8.61. The number of para-hydroxylation sites is 1. The Balaban J connectivity index is 2.12. The summed E-state index contributed by atoms with van der Waals surface area (Å²) < 4.78 is 0. The van der Waals surface area contributed by atoms with Crippen molar-refractivity contribution >= 4 is 17.4 Å². The third-order valence-corrected chi connectivity index (χ3v) is 3.91. The molecule has 1 aliphatic carbocycles. The number of hydrogen-bond donors (Lipinski definition) is 1. The van der Waals surface area contributed by atoms with Crippen LogP contribution in [0.5, 0.6) is 0 Å². The second-order valence-corrected chi connectivity index (χ2v) is 5.04. The fourth-order valence-electron chi connectivity index (χ4n) is 3.03. The minimum atomic E-state index is -0.521. The van der Waals surface area contributed by atoms with Gasteiger partial charge in [-0.15, -0.1) is 0 Å². The SMILES string of the molecule is Cc1cccc2c1N([C@H]1CCC[C@@H]1O)C(=O)C2=O. The molecule has 2 atom stereocenters. The van der Waals surface area contributed by atoms with E-state index in [1.54, 1.807) is 12.1 Å². The van der Waals surface area contributed by atoms with E-state index in [0.29, 0.717) is 17.7 Å². The molecule has 0 bridgehead atoms. The van der Waals surface area contributed by atoms with Crippen LogP contribution in [0.25, 0.3) is 0 Å². The first-order valence-electron chi connectivity index (χ1n) is 6.27. The quantitative estimate of drug-likeness (QED) is 0.762. The molecular weight excluding hydrogens is 230 g/mol. The van der Waals surface area contributed by atoms with Crippen molar-refractivity contribution in [2.75, 3.05) is 4.90 Å². The molecule has 18 heavy (non-hydrogen) atoms. The van der Waals surface area contributed by atoms with Crippen molar-refractivity contribution in [2.45, 2.75) is 38.3 Å². The third-order valence-electron chi connectivity index (χ3n) is 3.91. The third kappa shape index (κ3) is 1.42. The minimum absolute atomic E-state index is 0.246. The molecule has 0 saturated heterocycles. The van der Waals surface area contributed by atoms with Crippen molar-refractivity contribution in [3.63, 3.8) is 0 Å². The molecule has 0 unspecified atom stereocenters. The van der Waals surface area contributed by atoms with Crippen LogP contribution in [-0.4, -0.2) is 28.9 Å². The Morgan fingerprint density at radius 2 is 2.06 bits per heavy atom. The number of carbonyl (C=O) groups is 2. The number of amides is 1. The standard InChI is InChI=1S/C14H15NO3/c1-8-4-2-5-9-12(8)15(14(18)13(9)17)10-6-3-7-11(10)16/h2,4-5,10-11,16H,3,6-7H2,1H3/t10-,11-/m0/s1. The smallest absolute Gasteiger partial charge is 0.299 e. The molecule has 4 nitrogen and oxygen atoms in total. The number of aryl methyl sites for hydroxylation is 1. The zero-order valence-corrected chi connectivity index (χ0v) is 10.2. The lowest BCUT2D eigenvalue weighted by molar-refractivity contribution is -0.115. The number of aliphatic hydroxyl groups is 1. The molecule has 1 heterocycles. The lowest BCUT2D eigenvalue weighted by atomic mass is 10.1. The van der Waals surface area contributed by atoms with Crippen LogP contribution in [0.2, 0.25) is 0 Å². The van der Waals surface area contributed by atoms with Crippen LogP contribution >= 0.6 is 0 Å². The summed E-state index contributed by atoms with van der Waals surface area (Å²) in [6.45, 7) is 1.89. The lowest BCUT2D eigenvalue weighted by Crippen LogP contribution is -2.44. The number of nitrogens with zero attached hydrogens (tertiary/aromatic N) is 1. The van der Waals surface area contributed by atoms with Crippen molar-refractivity contribution in [3.8, 4) is 0 Å². The van der Waals surface area contributed by atoms with Gasteiger partial charge in [-0.3, -0.25) is 14.5 Å². The zero-order chi connectivity index (χ0) is 12.9. The van der Waals surface area contributed by atoms with E-state index in [1.807, 2.05) is 13.0 Å². The van der Waals surface area contributed by atoms with E-state index in [1.165, 1.54) is 4.90 Å². The first kappa shape index (κ1) is 11.4. The highest BCUT2D eigenvalue weighted by atomic mass is 16.3. The van der Waals surface area contributed by atoms with Crippen LogP contribution < -0.4 is 4.90 Å². The molecule has 3 rings (SSSR count). The number of carbonyl (C=O) groups excluding carboxylic acids is 2. The van der Waals surface area contributed by atoms with Crippen LogP contribution in [0.3, 0.4) is 0 Å². The van der Waals surface area contributed by atoms with Gasteiger partial charge in [-0.1, -0.05) is 12.1 Å². The number of benzene rings is 1. The molecule has 2 aliphatic rings. The van der Waals surface area contributed by atoms with Gasteiger partial charge in [-0.2, -0.15) is 0 Å². The number of anilines is 1. The molecule has 1 aliphatic heterocycles. The Hall–Kier alpha value is -1.68. The lowest BCUT2D eigenvalue weighted by Gasteiger charge is -2.27. The molecule has 0 radical (unpaired) electrons. The average molecular weight is 245 g/mol. The van der Waals surface area contributed by atoms with Gasteiger partial charge in [0.05, 0.1) is 23.4 Å². The van der Waals surface area contributed by atoms with Crippen molar-refractivity contribution in [1.82, 2.24) is 0 Å². The fraction of sp³-hybridized carbons (Fsp3) is 0.429. The van der Waals surface area contributed by atoms with Gasteiger partial charge in [0, 0.05) is 0 Å². The van der Waals surface area contributed by atoms with E-state index in [-0.39, 0.29) is 6.04 Å². The summed E-state index contributed by atoms with van der Waals surface area (Å²) in [7, 11) is 0. The van der Waals surface area contributed by atoms with Crippen LogP contribution in [0, 0.1) is 6.92 Å². The molecule has 1 saturated carbocycles. The van der Waals surface area contributed by atoms with Gasteiger partial charge in [-0.25, -0.2) is 0 Å². The topological polar surface area (TPSA) is 57.6 Å². The molecule has 0 spiro atoms. The van der Waals surface area contributed by atoms with Gasteiger partial charge < -0.3 is 5.11 Å². The molecule has 94 valence electrons. The molecule has 1 fully saturated rings. The highest BCUT2D eigenvalue weighted by molar-refractivity contribution is 6.52. The second kappa shape index (κ2) is 3.92. The maximum atomic E-state index is 12.1. The highest BCUT2D eigenvalue weighted by Crippen LogP contribution is 2.37. The number of rotatable bonds is 1. The van der Waals surface area contributed by atoms with E-state index in [0.717, 1.165) is 18.4 Å². The summed E-state index contributed by atoms with van der Waals surface area (Å²) >= 11 is 0. The van der Waals surface area contributed by atoms with Crippen LogP contribution in [0.15, 0.2) is 18.2 Å². The predicted octanol–water partition coefficient (Wildman–Crippen LogP) is 1.44. The minimum Gasteiger partial charge on any atom is -0.391 e. The Morgan fingerprint density at radius 3 is 2.72 bits per heavy atom. The van der Waals surface area contributed by atoms with Crippen molar-refractivity contribution in [3.05, 3.63) is 29.3 Å². The summed E-state index contributed by atoms with van der Waals surface area (Å²) in [5.41, 5.74) is 2.07. The van der Waals surface area contributed by atoms with Gasteiger partial charge in [-0.05, 0) is 37.8 Å². The second-order valence-electron chi connectivity index (χ2n) is 5.04. The van der Waals surface area contributed by atoms with Crippen LogP contribution in [-0.2, 0) is 4.79 Å². The molecule has 1 N–H and O–H groups in total. The van der Waals surface area contributed by atoms with E-state index in [9.17, 15) is 14.7 Å². The predicted molar refractivity (Wildman–Crippen MR) is 66.6 cm³/mol. The molecule has 1 amide bonds. The van der Waals surface area contributed by atoms with Crippen molar-refractivity contribution in [2.24, 2.45) is 0 Å². The molecule has 4 heteroatoms. The largest absolute Gasteiger partial charge is 0.391 e. The number of fused-ring (bicyclic) bond motifs is 1. The normalized spacial score (nSPS) is 26.9. The maximum absolute atomic E-state index is 12.1. The van der Waals surface area contributed by atoms with Gasteiger partial charge in [0.2, 0.25) is 0 Å². The van der Waals surface area contributed by atoms with E-state index in [4.69, 9.17) is 0 Å². The Bertz CT molecular complexity index is 538. The van der Waals surface area contributed by atoms with Gasteiger partial charge in [0.15, 0.2) is 0 Å². The van der Waals surface area contributed by atoms with Crippen LogP contribution in [0.1, 0.15) is 35.2 Å². The number of hydrogen-bond acceptors (Lipinski definition) is 3. The van der Waals surface area contributed by atoms with Crippen LogP contribution in [0.4, 0.5) is 5.69 Å². The fourth-order valence-corrected chi connectivity index (χ4v) is 3.03. The van der Waals surface area contributed by atoms with E-state index < -0.39 is 17.8 Å².